The first-order chi connectivity index (χ1) is 10.3. The minimum atomic E-state index is 0.445. The molecule has 5 nitrogen and oxygen atoms in total. The van der Waals surface area contributed by atoms with Crippen molar-refractivity contribution >= 4 is 0 Å². The third-order valence-electron chi connectivity index (χ3n) is 5.16. The van der Waals surface area contributed by atoms with Crippen LogP contribution >= 0.6 is 0 Å². The van der Waals surface area contributed by atoms with Gasteiger partial charge in [-0.3, -0.25) is 4.90 Å². The quantitative estimate of drug-likeness (QED) is 0.855. The largest absolute Gasteiger partial charge is 0.380 e. The fourth-order valence-corrected chi connectivity index (χ4v) is 3.87. The molecule has 3 rings (SSSR count). The summed E-state index contributed by atoms with van der Waals surface area (Å²) in [5.74, 6) is 0. The van der Waals surface area contributed by atoms with E-state index < -0.39 is 0 Å². The summed E-state index contributed by atoms with van der Waals surface area (Å²) in [5.41, 5.74) is 1.30. The topological polar surface area (TPSA) is 42.3 Å². The molecule has 1 aliphatic heterocycles. The van der Waals surface area contributed by atoms with Gasteiger partial charge in [0.15, 0.2) is 0 Å². The van der Waals surface area contributed by atoms with Crippen LogP contribution in [-0.4, -0.2) is 59.4 Å². The Labute approximate surface area is 127 Å². The van der Waals surface area contributed by atoms with E-state index in [4.69, 9.17) is 4.74 Å². The SMILES string of the molecule is COC1CCN([C@H]2CCC[C@H]2NCCc2cncn2C)C1. The van der Waals surface area contributed by atoms with Crippen molar-refractivity contribution in [3.05, 3.63) is 18.2 Å². The number of hydrogen-bond acceptors (Lipinski definition) is 4. The fraction of sp³-hybridized carbons (Fsp3) is 0.812. The van der Waals surface area contributed by atoms with Crippen LogP contribution in [0.25, 0.3) is 0 Å². The van der Waals surface area contributed by atoms with Crippen LogP contribution in [0.5, 0.6) is 0 Å². The molecular weight excluding hydrogens is 264 g/mol. The molecular formula is C16H28N4O. The highest BCUT2D eigenvalue weighted by molar-refractivity contribution is 4.99. The summed E-state index contributed by atoms with van der Waals surface area (Å²) in [5, 5.41) is 3.78. The summed E-state index contributed by atoms with van der Waals surface area (Å²) in [7, 11) is 3.91. The first kappa shape index (κ1) is 15.0. The number of methoxy groups -OCH3 is 1. The molecule has 2 heterocycles. The van der Waals surface area contributed by atoms with Crippen molar-refractivity contribution in [1.29, 1.82) is 0 Å². The molecule has 1 aliphatic carbocycles. The second-order valence-electron chi connectivity index (χ2n) is 6.45. The molecule has 0 bridgehead atoms. The highest BCUT2D eigenvalue weighted by atomic mass is 16.5. The average molecular weight is 292 g/mol. The summed E-state index contributed by atoms with van der Waals surface area (Å²) >= 11 is 0. The van der Waals surface area contributed by atoms with Gasteiger partial charge in [-0.1, -0.05) is 6.42 Å². The predicted molar refractivity (Wildman–Crippen MR) is 83.3 cm³/mol. The molecule has 3 atom stereocenters. The first-order valence-corrected chi connectivity index (χ1v) is 8.23. The van der Waals surface area contributed by atoms with Gasteiger partial charge in [0, 0.05) is 64.2 Å². The van der Waals surface area contributed by atoms with Crippen molar-refractivity contribution in [1.82, 2.24) is 19.8 Å². The lowest BCUT2D eigenvalue weighted by atomic mass is 10.1. The minimum Gasteiger partial charge on any atom is -0.380 e. The second-order valence-corrected chi connectivity index (χ2v) is 6.45. The Morgan fingerprint density at radius 3 is 3.00 bits per heavy atom. The molecule has 1 saturated heterocycles. The zero-order valence-electron chi connectivity index (χ0n) is 13.3. The van der Waals surface area contributed by atoms with Gasteiger partial charge in [0.2, 0.25) is 0 Å². The van der Waals surface area contributed by atoms with Gasteiger partial charge in [-0.05, 0) is 19.3 Å². The number of nitrogens with one attached hydrogen (secondary N) is 1. The van der Waals surface area contributed by atoms with Crippen molar-refractivity contribution in [3.63, 3.8) is 0 Å². The van der Waals surface area contributed by atoms with Crippen molar-refractivity contribution in [3.8, 4) is 0 Å². The number of imidazole rings is 1. The smallest absolute Gasteiger partial charge is 0.0945 e. The van der Waals surface area contributed by atoms with Crippen LogP contribution in [0.15, 0.2) is 12.5 Å². The van der Waals surface area contributed by atoms with Crippen LogP contribution in [-0.2, 0) is 18.2 Å². The number of ether oxygens (including phenoxy) is 1. The number of hydrogen-bond donors (Lipinski definition) is 1. The van der Waals surface area contributed by atoms with Crippen molar-refractivity contribution < 1.29 is 4.74 Å². The van der Waals surface area contributed by atoms with E-state index in [1.54, 1.807) is 0 Å². The van der Waals surface area contributed by atoms with Gasteiger partial charge in [-0.15, -0.1) is 0 Å². The lowest BCUT2D eigenvalue weighted by Crippen LogP contribution is -2.46. The molecule has 0 aromatic carbocycles. The number of aromatic nitrogens is 2. The molecule has 2 fully saturated rings. The van der Waals surface area contributed by atoms with Crippen molar-refractivity contribution in [2.75, 3.05) is 26.7 Å². The van der Waals surface area contributed by atoms with Gasteiger partial charge in [0.05, 0.1) is 12.4 Å². The monoisotopic (exact) mass is 292 g/mol. The Morgan fingerprint density at radius 1 is 1.38 bits per heavy atom. The first-order valence-electron chi connectivity index (χ1n) is 8.23. The maximum Gasteiger partial charge on any atom is 0.0945 e. The summed E-state index contributed by atoms with van der Waals surface area (Å²) in [4.78, 5) is 6.82. The predicted octanol–water partition coefficient (Wildman–Crippen LogP) is 1.19. The third-order valence-corrected chi connectivity index (χ3v) is 5.16. The van der Waals surface area contributed by atoms with Gasteiger partial charge >= 0.3 is 0 Å². The van der Waals surface area contributed by atoms with E-state index >= 15 is 0 Å². The molecule has 0 amide bonds. The minimum absolute atomic E-state index is 0.445. The van der Waals surface area contributed by atoms with Crippen LogP contribution in [0.2, 0.25) is 0 Å². The molecule has 0 radical (unpaired) electrons. The van der Waals surface area contributed by atoms with Crippen LogP contribution in [0.4, 0.5) is 0 Å². The van der Waals surface area contributed by atoms with Gasteiger partial charge in [-0.2, -0.15) is 0 Å². The lowest BCUT2D eigenvalue weighted by molar-refractivity contribution is 0.0981. The summed E-state index contributed by atoms with van der Waals surface area (Å²) < 4.78 is 7.62. The van der Waals surface area contributed by atoms with Gasteiger partial charge in [-0.25, -0.2) is 4.98 Å². The van der Waals surface area contributed by atoms with E-state index in [9.17, 15) is 0 Å². The standard InChI is InChI=1S/C16H28N4O/c1-19-12-17-10-13(19)6-8-18-15-4-3-5-16(15)20-9-7-14(11-20)21-2/h10,12,14-16,18H,3-9,11H2,1-2H3/t14?,15-,16+/m1/s1. The Balaban J connectivity index is 1.47. The fourth-order valence-electron chi connectivity index (χ4n) is 3.87. The lowest BCUT2D eigenvalue weighted by Gasteiger charge is -2.30. The van der Waals surface area contributed by atoms with Crippen molar-refractivity contribution in [2.24, 2.45) is 7.05 Å². The molecule has 1 saturated carbocycles. The summed E-state index contributed by atoms with van der Waals surface area (Å²) in [6.07, 6.45) is 10.5. The molecule has 1 unspecified atom stereocenters. The Bertz CT molecular complexity index is 447. The van der Waals surface area contributed by atoms with Gasteiger partial charge < -0.3 is 14.6 Å². The molecule has 1 aromatic rings. The normalized spacial score (nSPS) is 30.3. The Kier molecular flexibility index (Phi) is 4.93. The molecule has 2 aliphatic rings. The van der Waals surface area contributed by atoms with Crippen molar-refractivity contribution in [2.45, 2.75) is 50.3 Å². The van der Waals surface area contributed by atoms with E-state index in [-0.39, 0.29) is 0 Å². The van der Waals surface area contributed by atoms with E-state index in [2.05, 4.69) is 26.8 Å². The number of aryl methyl sites for hydroxylation is 1. The Hall–Kier alpha value is -0.910. The van der Waals surface area contributed by atoms with Crippen LogP contribution in [0.1, 0.15) is 31.4 Å². The molecule has 1 N–H and O–H groups in total. The highest BCUT2D eigenvalue weighted by Gasteiger charge is 2.35. The zero-order chi connectivity index (χ0) is 14.7. The zero-order valence-corrected chi connectivity index (χ0v) is 13.3. The second kappa shape index (κ2) is 6.90. The van der Waals surface area contributed by atoms with E-state index in [0.29, 0.717) is 18.2 Å². The molecule has 0 spiro atoms. The van der Waals surface area contributed by atoms with Crippen LogP contribution in [0.3, 0.4) is 0 Å². The van der Waals surface area contributed by atoms with Crippen LogP contribution < -0.4 is 5.32 Å². The number of rotatable bonds is 6. The maximum absolute atomic E-state index is 5.51. The molecule has 1 aromatic heterocycles. The van der Waals surface area contributed by atoms with Gasteiger partial charge in [0.25, 0.3) is 0 Å². The molecule has 118 valence electrons. The maximum atomic E-state index is 5.51. The van der Waals surface area contributed by atoms with Crippen LogP contribution in [0, 0.1) is 0 Å². The summed E-state index contributed by atoms with van der Waals surface area (Å²) in [6.45, 7) is 3.35. The molecule has 21 heavy (non-hydrogen) atoms. The average Bonchev–Trinajstić information content (AvgIpc) is 3.20. The van der Waals surface area contributed by atoms with E-state index in [1.165, 1.54) is 37.9 Å². The van der Waals surface area contributed by atoms with Gasteiger partial charge in [0.1, 0.15) is 0 Å². The summed E-state index contributed by atoms with van der Waals surface area (Å²) in [6, 6.07) is 1.35. The van der Waals surface area contributed by atoms with E-state index in [1.807, 2.05) is 19.6 Å². The molecule has 5 heteroatoms. The third kappa shape index (κ3) is 3.47. The Morgan fingerprint density at radius 2 is 2.29 bits per heavy atom. The number of likely N-dealkylation sites (tertiary alicyclic amines) is 1. The van der Waals surface area contributed by atoms with E-state index in [0.717, 1.165) is 19.5 Å². The number of nitrogens with zero attached hydrogens (tertiary/aromatic N) is 3. The highest BCUT2D eigenvalue weighted by Crippen LogP contribution is 2.27.